The van der Waals surface area contributed by atoms with E-state index in [0.717, 1.165) is 33.5 Å². The van der Waals surface area contributed by atoms with Crippen molar-refractivity contribution in [3.63, 3.8) is 0 Å². The maximum Gasteiger partial charge on any atom is 0.255 e. The Morgan fingerprint density at radius 2 is 1.69 bits per heavy atom. The molecule has 0 fully saturated rings. The first-order valence-corrected chi connectivity index (χ1v) is 11.8. The van der Waals surface area contributed by atoms with Crippen molar-refractivity contribution in [1.29, 1.82) is 0 Å². The molecule has 156 valence electrons. The van der Waals surface area contributed by atoms with E-state index in [2.05, 4.69) is 82.5 Å². The Balaban J connectivity index is 1.52. The number of fused-ring (bicyclic) bond motifs is 9. The van der Waals surface area contributed by atoms with Gasteiger partial charge in [0.1, 0.15) is 5.37 Å². The van der Waals surface area contributed by atoms with Crippen LogP contribution in [0.2, 0.25) is 0 Å². The van der Waals surface area contributed by atoms with Gasteiger partial charge in [-0.05, 0) is 29.8 Å². The molecular weight excluding hydrogens is 414 g/mol. The van der Waals surface area contributed by atoms with E-state index < -0.39 is 0 Å². The minimum Gasteiger partial charge on any atom is -0.345 e. The molecule has 0 aliphatic carbocycles. The van der Waals surface area contributed by atoms with Crippen LogP contribution >= 0.6 is 11.8 Å². The van der Waals surface area contributed by atoms with Crippen molar-refractivity contribution >= 4 is 39.8 Å². The number of benzene rings is 3. The predicted octanol–water partition coefficient (Wildman–Crippen LogP) is 5.26. The average Bonchev–Trinajstić information content (AvgIpc) is 3.45. The highest BCUT2D eigenvalue weighted by Crippen LogP contribution is 2.55. The fraction of sp³-hybridized carbons (Fsp3) is 0.148. The van der Waals surface area contributed by atoms with E-state index in [0.29, 0.717) is 0 Å². The Labute approximate surface area is 190 Å². The zero-order valence-corrected chi connectivity index (χ0v) is 18.4. The molecule has 0 bridgehead atoms. The Hall–Kier alpha value is -3.44. The summed E-state index contributed by atoms with van der Waals surface area (Å²) in [4.78, 5) is 17.1. The Morgan fingerprint density at radius 1 is 0.938 bits per heavy atom. The number of amides is 1. The number of aromatic nitrogens is 1. The number of nitrogens with one attached hydrogen (secondary N) is 1. The lowest BCUT2D eigenvalue weighted by Gasteiger charge is -2.36. The minimum absolute atomic E-state index is 0.0221. The van der Waals surface area contributed by atoms with Crippen molar-refractivity contribution in [2.24, 2.45) is 7.05 Å². The topological polar surface area (TPSA) is 37.3 Å². The number of carbonyl (C=O) groups is 1. The Kier molecular flexibility index (Phi) is 3.71. The van der Waals surface area contributed by atoms with Gasteiger partial charge in [-0.1, -0.05) is 66.4 Å². The van der Waals surface area contributed by atoms with Crippen LogP contribution in [0.5, 0.6) is 0 Å². The summed E-state index contributed by atoms with van der Waals surface area (Å²) in [7, 11) is 2.14. The van der Waals surface area contributed by atoms with Crippen LogP contribution in [-0.2, 0) is 18.3 Å². The Morgan fingerprint density at radius 3 is 2.56 bits per heavy atom. The van der Waals surface area contributed by atoms with E-state index in [1.807, 2.05) is 18.2 Å². The molecule has 3 aliphatic rings. The van der Waals surface area contributed by atoms with Crippen molar-refractivity contribution in [2.75, 3.05) is 4.90 Å². The summed E-state index contributed by atoms with van der Waals surface area (Å²) >= 11 is 1.71. The third kappa shape index (κ3) is 2.32. The maximum atomic E-state index is 13.5. The van der Waals surface area contributed by atoms with Crippen molar-refractivity contribution in [1.82, 2.24) is 9.88 Å². The molecule has 3 aliphatic heterocycles. The maximum absolute atomic E-state index is 13.5. The molecule has 3 aromatic carbocycles. The first-order chi connectivity index (χ1) is 15.7. The predicted molar refractivity (Wildman–Crippen MR) is 129 cm³/mol. The molecule has 5 heteroatoms. The van der Waals surface area contributed by atoms with Crippen LogP contribution < -0.4 is 10.2 Å². The second-order valence-corrected chi connectivity index (χ2v) is 9.78. The summed E-state index contributed by atoms with van der Waals surface area (Å²) in [6.07, 6.45) is 0.945. The lowest BCUT2D eigenvalue weighted by molar-refractivity contribution is -0.115. The number of carbonyl (C=O) groups excluding carboxylic acids is 1. The highest BCUT2D eigenvalue weighted by atomic mass is 32.2. The van der Waals surface area contributed by atoms with Gasteiger partial charge in [-0.25, -0.2) is 0 Å². The number of thioether (sulfide) groups is 1. The molecule has 7 rings (SSSR count). The standard InChI is InChI=1S/C27H21N3OS/c1-29-20-14-8-6-12-18(20)22-23-25(27(28-26(23)31)32-17-10-3-2-4-11-17)30-19-13-7-5-9-16(19)15-21(30)24(22)29/h2-14,21,27H,15H2,1H3,(H,28,31). The van der Waals surface area contributed by atoms with Crippen LogP contribution in [0.4, 0.5) is 5.69 Å². The smallest absolute Gasteiger partial charge is 0.255 e. The second-order valence-electron chi connectivity index (χ2n) is 8.60. The van der Waals surface area contributed by atoms with Gasteiger partial charge in [-0.15, -0.1) is 0 Å². The number of aryl methyl sites for hydroxylation is 1. The molecule has 1 N–H and O–H groups in total. The molecule has 0 saturated heterocycles. The van der Waals surface area contributed by atoms with Gasteiger partial charge in [0.05, 0.1) is 23.0 Å². The van der Waals surface area contributed by atoms with E-state index >= 15 is 0 Å². The van der Waals surface area contributed by atoms with Gasteiger partial charge in [0.2, 0.25) is 0 Å². The molecular formula is C27H21N3OS. The van der Waals surface area contributed by atoms with Crippen LogP contribution in [0, 0.1) is 0 Å². The summed E-state index contributed by atoms with van der Waals surface area (Å²) in [6, 6.07) is 27.6. The van der Waals surface area contributed by atoms with Gasteiger partial charge >= 0.3 is 0 Å². The van der Waals surface area contributed by atoms with Crippen LogP contribution in [0.15, 0.2) is 89.5 Å². The van der Waals surface area contributed by atoms with Crippen LogP contribution in [0.25, 0.3) is 16.5 Å². The average molecular weight is 436 g/mol. The molecule has 32 heavy (non-hydrogen) atoms. The first kappa shape index (κ1) is 18.2. The molecule has 4 heterocycles. The normalized spacial score (nSPS) is 20.8. The van der Waals surface area contributed by atoms with Gasteiger partial charge < -0.3 is 14.8 Å². The van der Waals surface area contributed by atoms with Crippen LogP contribution in [-0.4, -0.2) is 15.8 Å². The van der Waals surface area contributed by atoms with Gasteiger partial charge in [0, 0.05) is 40.5 Å². The van der Waals surface area contributed by atoms with Crippen molar-refractivity contribution in [3.8, 4) is 0 Å². The number of nitrogens with zero attached hydrogens (tertiary/aromatic N) is 2. The number of hydrogen-bond acceptors (Lipinski definition) is 3. The number of hydrogen-bond donors (Lipinski definition) is 1. The molecule has 1 aromatic heterocycles. The summed E-state index contributed by atoms with van der Waals surface area (Å²) in [5.41, 5.74) is 8.01. The van der Waals surface area contributed by atoms with Gasteiger partial charge in [0.15, 0.2) is 0 Å². The zero-order chi connectivity index (χ0) is 21.4. The lowest BCUT2D eigenvalue weighted by atomic mass is 9.92. The summed E-state index contributed by atoms with van der Waals surface area (Å²) in [5, 5.41) is 4.34. The summed E-state index contributed by atoms with van der Waals surface area (Å²) in [5.74, 6) is 0.0221. The summed E-state index contributed by atoms with van der Waals surface area (Å²) in [6.45, 7) is 0. The molecule has 0 radical (unpaired) electrons. The molecule has 1 amide bonds. The number of rotatable bonds is 2. The SMILES string of the molecule is Cn1c2c(c3ccccc31)C1=C(C(Sc3ccccc3)NC1=O)N1c3ccccc3CC21. The van der Waals surface area contributed by atoms with Crippen LogP contribution in [0.1, 0.15) is 22.9 Å². The van der Waals surface area contributed by atoms with Crippen molar-refractivity contribution in [3.05, 3.63) is 101 Å². The van der Waals surface area contributed by atoms with E-state index in [1.165, 1.54) is 22.5 Å². The highest BCUT2D eigenvalue weighted by molar-refractivity contribution is 8.00. The number of anilines is 1. The molecule has 0 saturated carbocycles. The molecule has 2 atom stereocenters. The van der Waals surface area contributed by atoms with Gasteiger partial charge in [-0.3, -0.25) is 4.79 Å². The highest BCUT2D eigenvalue weighted by Gasteiger charge is 2.49. The number of para-hydroxylation sites is 2. The molecule has 4 nitrogen and oxygen atoms in total. The van der Waals surface area contributed by atoms with E-state index in [1.54, 1.807) is 11.8 Å². The zero-order valence-electron chi connectivity index (χ0n) is 17.6. The van der Waals surface area contributed by atoms with E-state index in [4.69, 9.17) is 0 Å². The Bertz CT molecular complexity index is 1450. The largest absolute Gasteiger partial charge is 0.345 e. The van der Waals surface area contributed by atoms with Gasteiger partial charge in [-0.2, -0.15) is 0 Å². The van der Waals surface area contributed by atoms with E-state index in [-0.39, 0.29) is 17.3 Å². The van der Waals surface area contributed by atoms with Gasteiger partial charge in [0.25, 0.3) is 5.91 Å². The van der Waals surface area contributed by atoms with Crippen molar-refractivity contribution in [2.45, 2.75) is 22.7 Å². The third-order valence-electron chi connectivity index (χ3n) is 6.94. The monoisotopic (exact) mass is 435 g/mol. The quantitative estimate of drug-likeness (QED) is 0.467. The third-order valence-corrected chi connectivity index (χ3v) is 8.07. The van der Waals surface area contributed by atoms with Crippen LogP contribution in [0.3, 0.4) is 0 Å². The fourth-order valence-electron chi connectivity index (χ4n) is 5.68. The minimum atomic E-state index is -0.124. The molecule has 4 aromatic rings. The lowest BCUT2D eigenvalue weighted by Crippen LogP contribution is -2.35. The summed E-state index contributed by atoms with van der Waals surface area (Å²) < 4.78 is 2.29. The fourth-order valence-corrected chi connectivity index (χ4v) is 6.78. The van der Waals surface area contributed by atoms with Crippen molar-refractivity contribution < 1.29 is 4.79 Å². The van der Waals surface area contributed by atoms with E-state index in [9.17, 15) is 4.79 Å². The second kappa shape index (κ2) is 6.53. The molecule has 2 unspecified atom stereocenters. The molecule has 0 spiro atoms. The first-order valence-electron chi connectivity index (χ1n) is 10.9.